The summed E-state index contributed by atoms with van der Waals surface area (Å²) in [5.41, 5.74) is 1.76. The molecular formula is C28H33N5O4. The van der Waals surface area contributed by atoms with Crippen molar-refractivity contribution in [2.75, 3.05) is 24.5 Å². The van der Waals surface area contributed by atoms with E-state index in [1.54, 1.807) is 27.8 Å². The molecule has 1 N–H and O–H groups in total. The predicted octanol–water partition coefficient (Wildman–Crippen LogP) is 3.94. The Balaban J connectivity index is 1.39. The molecular weight excluding hydrogens is 470 g/mol. The second-order valence-corrected chi connectivity index (χ2v) is 10.4. The van der Waals surface area contributed by atoms with Crippen molar-refractivity contribution in [3.63, 3.8) is 0 Å². The number of rotatable bonds is 6. The minimum atomic E-state index is -0.607. The van der Waals surface area contributed by atoms with Crippen molar-refractivity contribution in [3.8, 4) is 5.75 Å². The number of para-hydroxylation sites is 1. The van der Waals surface area contributed by atoms with Crippen molar-refractivity contribution in [1.29, 1.82) is 0 Å². The number of nitrogens with one attached hydrogen (secondary N) is 1. The smallest absolute Gasteiger partial charge is 0.340 e. The summed E-state index contributed by atoms with van der Waals surface area (Å²) >= 11 is 0. The molecule has 0 aliphatic carbocycles. The van der Waals surface area contributed by atoms with Gasteiger partial charge in [0.1, 0.15) is 35.2 Å². The van der Waals surface area contributed by atoms with Gasteiger partial charge in [0.15, 0.2) is 0 Å². The SMILES string of the molecule is CC(C)(C)OC(=O)c1ccc(N2CCn3nc(COc4ccccc4)cc3C2=O)nc1C1CCNCC1. The monoisotopic (exact) mass is 503 g/mol. The van der Waals surface area contributed by atoms with Crippen LogP contribution in [0.1, 0.15) is 71.8 Å². The molecule has 3 aromatic rings. The topological polar surface area (TPSA) is 98.6 Å². The highest BCUT2D eigenvalue weighted by Gasteiger charge is 2.31. The molecule has 1 saturated heterocycles. The first kappa shape index (κ1) is 25.0. The summed E-state index contributed by atoms with van der Waals surface area (Å²) in [5, 5.41) is 7.92. The minimum Gasteiger partial charge on any atom is -0.487 e. The molecule has 4 heterocycles. The maximum atomic E-state index is 13.5. The molecule has 37 heavy (non-hydrogen) atoms. The molecule has 0 saturated carbocycles. The van der Waals surface area contributed by atoms with Gasteiger partial charge >= 0.3 is 5.97 Å². The van der Waals surface area contributed by atoms with Crippen LogP contribution < -0.4 is 15.0 Å². The van der Waals surface area contributed by atoms with Crippen LogP contribution in [0.15, 0.2) is 48.5 Å². The van der Waals surface area contributed by atoms with Gasteiger partial charge in [0.2, 0.25) is 0 Å². The normalized spacial score (nSPS) is 16.4. The number of carbonyl (C=O) groups is 2. The van der Waals surface area contributed by atoms with Gasteiger partial charge in [-0.2, -0.15) is 5.10 Å². The Morgan fingerprint density at radius 3 is 2.57 bits per heavy atom. The number of aromatic nitrogens is 3. The molecule has 194 valence electrons. The molecule has 0 unspecified atom stereocenters. The largest absolute Gasteiger partial charge is 0.487 e. The van der Waals surface area contributed by atoms with Gasteiger partial charge in [-0.15, -0.1) is 0 Å². The van der Waals surface area contributed by atoms with E-state index in [9.17, 15) is 9.59 Å². The Bertz CT molecular complexity index is 1280. The first-order valence-electron chi connectivity index (χ1n) is 12.8. The molecule has 0 spiro atoms. The van der Waals surface area contributed by atoms with E-state index in [1.165, 1.54) is 0 Å². The predicted molar refractivity (Wildman–Crippen MR) is 139 cm³/mol. The van der Waals surface area contributed by atoms with E-state index in [0.717, 1.165) is 31.7 Å². The van der Waals surface area contributed by atoms with Crippen molar-refractivity contribution in [2.45, 2.75) is 58.3 Å². The summed E-state index contributed by atoms with van der Waals surface area (Å²) in [5.74, 6) is 0.863. The molecule has 1 aromatic carbocycles. The van der Waals surface area contributed by atoms with Crippen LogP contribution in [0.2, 0.25) is 0 Å². The number of fused-ring (bicyclic) bond motifs is 1. The Morgan fingerprint density at radius 2 is 1.84 bits per heavy atom. The maximum absolute atomic E-state index is 13.5. The van der Waals surface area contributed by atoms with E-state index in [4.69, 9.17) is 14.5 Å². The second kappa shape index (κ2) is 10.3. The van der Waals surface area contributed by atoms with Crippen molar-refractivity contribution in [1.82, 2.24) is 20.1 Å². The molecule has 0 radical (unpaired) electrons. The fraction of sp³-hybridized carbons (Fsp3) is 0.429. The lowest BCUT2D eigenvalue weighted by Crippen LogP contribution is -2.41. The lowest BCUT2D eigenvalue weighted by atomic mass is 9.91. The quantitative estimate of drug-likeness (QED) is 0.509. The van der Waals surface area contributed by atoms with Crippen LogP contribution >= 0.6 is 0 Å². The summed E-state index contributed by atoms with van der Waals surface area (Å²) in [7, 11) is 0. The van der Waals surface area contributed by atoms with E-state index in [1.807, 2.05) is 51.1 Å². The van der Waals surface area contributed by atoms with Crippen molar-refractivity contribution in [3.05, 3.63) is 71.2 Å². The highest BCUT2D eigenvalue weighted by atomic mass is 16.6. The first-order valence-corrected chi connectivity index (χ1v) is 12.8. The number of esters is 1. The summed E-state index contributed by atoms with van der Waals surface area (Å²) in [6.07, 6.45) is 1.75. The van der Waals surface area contributed by atoms with Crippen LogP contribution in [0.3, 0.4) is 0 Å². The van der Waals surface area contributed by atoms with Gasteiger partial charge in [-0.3, -0.25) is 14.4 Å². The zero-order chi connectivity index (χ0) is 26.0. The third-order valence-corrected chi connectivity index (χ3v) is 6.49. The number of hydrogen-bond acceptors (Lipinski definition) is 7. The van der Waals surface area contributed by atoms with Crippen LogP contribution in [0.4, 0.5) is 5.82 Å². The number of benzene rings is 1. The Morgan fingerprint density at radius 1 is 1.08 bits per heavy atom. The van der Waals surface area contributed by atoms with Gasteiger partial charge < -0.3 is 14.8 Å². The molecule has 0 atom stereocenters. The van der Waals surface area contributed by atoms with E-state index < -0.39 is 5.60 Å². The zero-order valence-electron chi connectivity index (χ0n) is 21.6. The highest BCUT2D eigenvalue weighted by molar-refractivity contribution is 6.05. The Hall–Kier alpha value is -3.72. The average Bonchev–Trinajstić information content (AvgIpc) is 3.32. The zero-order valence-corrected chi connectivity index (χ0v) is 21.6. The molecule has 9 nitrogen and oxygen atoms in total. The number of pyridine rings is 1. The van der Waals surface area contributed by atoms with Gasteiger partial charge in [-0.25, -0.2) is 9.78 Å². The molecule has 9 heteroatoms. The Labute approximate surface area is 216 Å². The van der Waals surface area contributed by atoms with Gasteiger partial charge in [-0.1, -0.05) is 18.2 Å². The second-order valence-electron chi connectivity index (χ2n) is 10.4. The fourth-order valence-corrected chi connectivity index (χ4v) is 4.74. The molecule has 2 aliphatic rings. The molecule has 1 amide bonds. The van der Waals surface area contributed by atoms with E-state index in [-0.39, 0.29) is 24.4 Å². The number of hydrogen-bond donors (Lipinski definition) is 1. The number of anilines is 1. The van der Waals surface area contributed by atoms with Crippen molar-refractivity contribution in [2.24, 2.45) is 0 Å². The number of amides is 1. The van der Waals surface area contributed by atoms with Crippen LogP contribution in [0.25, 0.3) is 0 Å². The number of carbonyl (C=O) groups excluding carboxylic acids is 2. The first-order chi connectivity index (χ1) is 17.8. The van der Waals surface area contributed by atoms with Crippen LogP contribution in [0, 0.1) is 0 Å². The molecule has 2 aromatic heterocycles. The summed E-state index contributed by atoms with van der Waals surface area (Å²) < 4.78 is 13.2. The molecule has 5 rings (SSSR count). The van der Waals surface area contributed by atoms with Crippen molar-refractivity contribution >= 4 is 17.7 Å². The third kappa shape index (κ3) is 5.67. The van der Waals surface area contributed by atoms with E-state index in [2.05, 4.69) is 10.4 Å². The summed E-state index contributed by atoms with van der Waals surface area (Å²) in [4.78, 5) is 33.1. The van der Waals surface area contributed by atoms with E-state index >= 15 is 0 Å². The summed E-state index contributed by atoms with van der Waals surface area (Å²) in [6.45, 7) is 8.55. The average molecular weight is 504 g/mol. The molecule has 1 fully saturated rings. The van der Waals surface area contributed by atoms with Gasteiger partial charge in [0.05, 0.1) is 17.8 Å². The van der Waals surface area contributed by atoms with Crippen molar-refractivity contribution < 1.29 is 19.1 Å². The Kier molecular flexibility index (Phi) is 6.97. The number of ether oxygens (including phenoxy) is 2. The van der Waals surface area contributed by atoms with Gasteiger partial charge in [0, 0.05) is 12.5 Å². The number of piperidine rings is 1. The highest BCUT2D eigenvalue weighted by Crippen LogP contribution is 2.31. The minimum absolute atomic E-state index is 0.121. The van der Waals surface area contributed by atoms with Crippen LogP contribution in [-0.4, -0.2) is 51.9 Å². The van der Waals surface area contributed by atoms with Crippen LogP contribution in [-0.2, 0) is 17.9 Å². The van der Waals surface area contributed by atoms with Gasteiger partial charge in [-0.05, 0) is 77.0 Å². The molecule has 0 bridgehead atoms. The summed E-state index contributed by atoms with van der Waals surface area (Å²) in [6, 6.07) is 14.8. The lowest BCUT2D eigenvalue weighted by molar-refractivity contribution is 0.00669. The van der Waals surface area contributed by atoms with Gasteiger partial charge in [0.25, 0.3) is 5.91 Å². The lowest BCUT2D eigenvalue weighted by Gasteiger charge is -2.29. The maximum Gasteiger partial charge on any atom is 0.340 e. The van der Waals surface area contributed by atoms with Crippen LogP contribution in [0.5, 0.6) is 5.75 Å². The third-order valence-electron chi connectivity index (χ3n) is 6.49. The molecule has 2 aliphatic heterocycles. The fourth-order valence-electron chi connectivity index (χ4n) is 4.74. The van der Waals surface area contributed by atoms with E-state index in [0.29, 0.717) is 41.6 Å². The standard InChI is InChI=1S/C28H33N5O4/c1-28(2,3)37-27(35)22-9-10-24(30-25(22)19-11-13-29-14-12-19)32-15-16-33-23(26(32)34)17-20(31-33)18-36-21-7-5-4-6-8-21/h4-10,17,19,29H,11-16,18H2,1-3H3. The number of nitrogens with zero attached hydrogens (tertiary/aromatic N) is 4.